The van der Waals surface area contributed by atoms with Gasteiger partial charge < -0.3 is 5.32 Å². The molecule has 0 saturated heterocycles. The number of hydrogen-bond donors (Lipinski definition) is 1. The maximum atomic E-state index is 13.8. The minimum atomic E-state index is -3.87. The SMILES string of the molecule is Cc1cc(C(C#N)c2ccc(Cl)cc2)c(Cl)cc1Nc1ccc(S(=O)(=O)N(Cc2ccccc2)Cc2ccccc2)cn1. The van der Waals surface area contributed by atoms with Crippen LogP contribution in [0.15, 0.2) is 120 Å². The molecule has 0 aliphatic carbocycles. The summed E-state index contributed by atoms with van der Waals surface area (Å²) in [7, 11) is -3.87. The van der Waals surface area contributed by atoms with E-state index in [-0.39, 0.29) is 18.0 Å². The lowest BCUT2D eigenvalue weighted by molar-refractivity contribution is 0.401. The van der Waals surface area contributed by atoms with Gasteiger partial charge in [0.2, 0.25) is 10.0 Å². The number of benzene rings is 4. The van der Waals surface area contributed by atoms with Crippen LogP contribution in [-0.4, -0.2) is 17.7 Å². The van der Waals surface area contributed by atoms with Crippen LogP contribution < -0.4 is 5.32 Å². The molecule has 1 N–H and O–H groups in total. The predicted molar refractivity (Wildman–Crippen MR) is 172 cm³/mol. The van der Waals surface area contributed by atoms with Gasteiger partial charge in [0.25, 0.3) is 0 Å². The number of anilines is 2. The number of pyridine rings is 1. The first kappa shape index (κ1) is 30.3. The monoisotopic (exact) mass is 626 g/mol. The van der Waals surface area contributed by atoms with Crippen LogP contribution in [0.3, 0.4) is 0 Å². The molecule has 0 amide bonds. The summed E-state index contributed by atoms with van der Waals surface area (Å²) in [5, 5.41) is 14.1. The molecule has 216 valence electrons. The van der Waals surface area contributed by atoms with Gasteiger partial charge in [-0.25, -0.2) is 13.4 Å². The van der Waals surface area contributed by atoms with Crippen molar-refractivity contribution in [3.63, 3.8) is 0 Å². The summed E-state index contributed by atoms with van der Waals surface area (Å²) in [4.78, 5) is 4.50. The second-order valence-electron chi connectivity index (χ2n) is 10.1. The highest BCUT2D eigenvalue weighted by molar-refractivity contribution is 7.89. The quantitative estimate of drug-likeness (QED) is 0.168. The number of aryl methyl sites for hydroxylation is 1. The van der Waals surface area contributed by atoms with Crippen LogP contribution in [0.4, 0.5) is 11.5 Å². The smallest absolute Gasteiger partial charge is 0.245 e. The van der Waals surface area contributed by atoms with Crippen LogP contribution in [0, 0.1) is 18.3 Å². The first-order valence-electron chi connectivity index (χ1n) is 13.5. The number of nitrogens with one attached hydrogen (secondary N) is 1. The Morgan fingerprint density at radius 3 is 2.00 bits per heavy atom. The van der Waals surface area contributed by atoms with E-state index in [0.29, 0.717) is 27.1 Å². The zero-order valence-electron chi connectivity index (χ0n) is 23.3. The molecule has 0 fully saturated rings. The molecule has 43 heavy (non-hydrogen) atoms. The normalized spacial score (nSPS) is 12.1. The van der Waals surface area contributed by atoms with Gasteiger partial charge in [-0.3, -0.25) is 0 Å². The van der Waals surface area contributed by atoms with Crippen molar-refractivity contribution in [3.05, 3.63) is 153 Å². The average Bonchev–Trinajstić information content (AvgIpc) is 3.02. The number of nitriles is 1. The molecule has 0 bridgehead atoms. The highest BCUT2D eigenvalue weighted by Crippen LogP contribution is 2.35. The maximum Gasteiger partial charge on any atom is 0.245 e. The van der Waals surface area contributed by atoms with Crippen LogP contribution in [0.5, 0.6) is 0 Å². The third-order valence-corrected chi connectivity index (χ3v) is 9.38. The van der Waals surface area contributed by atoms with Crippen LogP contribution in [0.1, 0.15) is 33.7 Å². The number of nitrogens with zero attached hydrogens (tertiary/aromatic N) is 3. The Morgan fingerprint density at radius 2 is 1.47 bits per heavy atom. The number of aromatic nitrogens is 1. The van der Waals surface area contributed by atoms with E-state index in [1.807, 2.05) is 85.8 Å². The molecule has 0 aliphatic heterocycles. The third-order valence-electron chi connectivity index (χ3n) is 7.03. The molecule has 1 aromatic heterocycles. The molecule has 6 nitrogen and oxygen atoms in total. The predicted octanol–water partition coefficient (Wildman–Crippen LogP) is 8.49. The van der Waals surface area contributed by atoms with E-state index >= 15 is 0 Å². The van der Waals surface area contributed by atoms with E-state index in [2.05, 4.69) is 16.4 Å². The molecule has 9 heteroatoms. The third kappa shape index (κ3) is 7.24. The summed E-state index contributed by atoms with van der Waals surface area (Å²) in [5.74, 6) is -0.104. The molecule has 1 heterocycles. The standard InChI is InChI=1S/C34H28Cl2N4O2S/c1-24-18-30(31(20-37)27-12-14-28(35)15-13-27)32(36)19-33(24)39-34-17-16-29(21-38-34)43(41,42)40(22-25-8-4-2-5-9-25)23-26-10-6-3-7-11-26/h2-19,21,31H,22-23H2,1H3,(H,38,39). The Hall–Kier alpha value is -4.19. The zero-order valence-corrected chi connectivity index (χ0v) is 25.6. The second kappa shape index (κ2) is 13.4. The average molecular weight is 628 g/mol. The Balaban J connectivity index is 1.37. The minimum absolute atomic E-state index is 0.0924. The first-order valence-corrected chi connectivity index (χ1v) is 15.7. The molecule has 0 aliphatic rings. The summed E-state index contributed by atoms with van der Waals surface area (Å²) >= 11 is 12.7. The van der Waals surface area contributed by atoms with Gasteiger partial charge in [-0.05, 0) is 65.1 Å². The van der Waals surface area contributed by atoms with Crippen LogP contribution in [0.25, 0.3) is 0 Å². The van der Waals surface area contributed by atoms with Gasteiger partial charge in [-0.15, -0.1) is 0 Å². The molecule has 4 aromatic carbocycles. The van der Waals surface area contributed by atoms with E-state index in [4.69, 9.17) is 23.2 Å². The van der Waals surface area contributed by atoms with Gasteiger partial charge in [0.15, 0.2) is 0 Å². The van der Waals surface area contributed by atoms with Crippen molar-refractivity contribution >= 4 is 44.7 Å². The van der Waals surface area contributed by atoms with E-state index in [9.17, 15) is 13.7 Å². The summed E-state index contributed by atoms with van der Waals surface area (Å²) in [5.41, 5.74) is 4.79. The molecule has 1 unspecified atom stereocenters. The van der Waals surface area contributed by atoms with Crippen LogP contribution >= 0.6 is 23.2 Å². The molecular weight excluding hydrogens is 599 g/mol. The first-order chi connectivity index (χ1) is 20.7. The van der Waals surface area contributed by atoms with Gasteiger partial charge in [0.1, 0.15) is 10.7 Å². The van der Waals surface area contributed by atoms with Crippen molar-refractivity contribution in [2.45, 2.75) is 30.8 Å². The number of halogens is 2. The molecule has 0 spiro atoms. The second-order valence-corrected chi connectivity index (χ2v) is 12.8. The van der Waals surface area contributed by atoms with Crippen molar-refractivity contribution < 1.29 is 8.42 Å². The summed E-state index contributed by atoms with van der Waals surface area (Å²) in [6, 6.07) is 35.3. The molecule has 0 saturated carbocycles. The highest BCUT2D eigenvalue weighted by Gasteiger charge is 2.26. The minimum Gasteiger partial charge on any atom is -0.340 e. The van der Waals surface area contributed by atoms with Gasteiger partial charge in [0.05, 0.1) is 12.0 Å². The number of rotatable bonds is 10. The number of sulfonamides is 1. The molecule has 0 radical (unpaired) electrons. The zero-order chi connectivity index (χ0) is 30.4. The van der Waals surface area contributed by atoms with Crippen LogP contribution in [0.2, 0.25) is 10.0 Å². The summed E-state index contributed by atoms with van der Waals surface area (Å²) in [6.45, 7) is 2.35. The Bertz CT molecular complexity index is 1800. The van der Waals surface area contributed by atoms with Crippen LogP contribution in [-0.2, 0) is 23.1 Å². The van der Waals surface area contributed by atoms with Gasteiger partial charge >= 0.3 is 0 Å². The van der Waals surface area contributed by atoms with Crippen molar-refractivity contribution in [3.8, 4) is 6.07 Å². The largest absolute Gasteiger partial charge is 0.340 e. The van der Waals surface area contributed by atoms with E-state index < -0.39 is 15.9 Å². The van der Waals surface area contributed by atoms with Gasteiger partial charge in [-0.1, -0.05) is 102 Å². The van der Waals surface area contributed by atoms with Crippen molar-refractivity contribution in [2.24, 2.45) is 0 Å². The molecular formula is C34H28Cl2N4O2S. The van der Waals surface area contributed by atoms with Crippen molar-refractivity contribution in [1.82, 2.24) is 9.29 Å². The van der Waals surface area contributed by atoms with E-state index in [1.165, 1.54) is 10.5 Å². The van der Waals surface area contributed by atoms with Crippen molar-refractivity contribution in [2.75, 3.05) is 5.32 Å². The summed E-state index contributed by atoms with van der Waals surface area (Å²) in [6.07, 6.45) is 1.36. The lowest BCUT2D eigenvalue weighted by atomic mass is 9.91. The van der Waals surface area contributed by atoms with E-state index in [0.717, 1.165) is 22.3 Å². The Morgan fingerprint density at radius 1 is 0.860 bits per heavy atom. The fourth-order valence-electron chi connectivity index (χ4n) is 4.73. The van der Waals surface area contributed by atoms with Gasteiger partial charge in [-0.2, -0.15) is 9.57 Å². The Kier molecular flexibility index (Phi) is 9.44. The van der Waals surface area contributed by atoms with Gasteiger partial charge in [0, 0.05) is 35.0 Å². The molecule has 1 atom stereocenters. The summed E-state index contributed by atoms with van der Waals surface area (Å²) < 4.78 is 29.0. The molecule has 5 aromatic rings. The fourth-order valence-corrected chi connectivity index (χ4v) is 6.49. The highest BCUT2D eigenvalue weighted by atomic mass is 35.5. The maximum absolute atomic E-state index is 13.8. The lowest BCUT2D eigenvalue weighted by Crippen LogP contribution is -2.30. The van der Waals surface area contributed by atoms with Crippen molar-refractivity contribution in [1.29, 1.82) is 5.26 Å². The molecule has 5 rings (SSSR count). The van der Waals surface area contributed by atoms with E-state index in [1.54, 1.807) is 30.3 Å². The Labute approximate surface area is 262 Å². The topological polar surface area (TPSA) is 86.1 Å². The lowest BCUT2D eigenvalue weighted by Gasteiger charge is -2.22. The fraction of sp³-hybridized carbons (Fsp3) is 0.118. The number of hydrogen-bond acceptors (Lipinski definition) is 5.